The minimum atomic E-state index is 0.131. The topological polar surface area (TPSA) is 45.2 Å². The molecule has 1 atom stereocenters. The van der Waals surface area contributed by atoms with E-state index in [0.717, 1.165) is 47.0 Å². The number of rotatable bonds is 1. The number of nitrogens with zero attached hydrogens (tertiary/aromatic N) is 2. The fourth-order valence-electron chi connectivity index (χ4n) is 2.99. The number of pyridine rings is 1. The lowest BCUT2D eigenvalue weighted by Gasteiger charge is -2.19. The summed E-state index contributed by atoms with van der Waals surface area (Å²) < 4.78 is 0. The van der Waals surface area contributed by atoms with E-state index < -0.39 is 0 Å². The third-order valence-corrected chi connectivity index (χ3v) is 4.72. The zero-order valence-electron chi connectivity index (χ0n) is 11.3. The standard InChI is InChI=1S/C14H18ClN3O/c1-8-11-6-18(14(19)10-3-4-16-5-10)7-12(11)17-9(2)13(8)15/h10,16H,3-7H2,1-2H3. The van der Waals surface area contributed by atoms with Crippen molar-refractivity contribution in [2.24, 2.45) is 5.92 Å². The summed E-state index contributed by atoms with van der Waals surface area (Å²) >= 11 is 6.24. The van der Waals surface area contributed by atoms with Crippen molar-refractivity contribution in [3.05, 3.63) is 27.5 Å². The summed E-state index contributed by atoms with van der Waals surface area (Å²) in [5.74, 6) is 0.377. The lowest BCUT2D eigenvalue weighted by molar-refractivity contribution is -0.135. The Hall–Kier alpha value is -1.13. The molecule has 1 fully saturated rings. The average Bonchev–Trinajstić information content (AvgIpc) is 3.04. The zero-order chi connectivity index (χ0) is 13.6. The summed E-state index contributed by atoms with van der Waals surface area (Å²) in [6.45, 7) is 6.96. The number of nitrogens with one attached hydrogen (secondary N) is 1. The van der Waals surface area contributed by atoms with Gasteiger partial charge in [0.05, 0.1) is 28.9 Å². The number of aryl methyl sites for hydroxylation is 1. The SMILES string of the molecule is Cc1nc2c(c(C)c1Cl)CN(C(=O)C1CCNC1)C2. The molecular weight excluding hydrogens is 262 g/mol. The molecule has 0 bridgehead atoms. The summed E-state index contributed by atoms with van der Waals surface area (Å²) in [6.07, 6.45) is 0.942. The Morgan fingerprint density at radius 3 is 2.89 bits per heavy atom. The number of amides is 1. The summed E-state index contributed by atoms with van der Waals surface area (Å²) in [7, 11) is 0. The van der Waals surface area contributed by atoms with Gasteiger partial charge in [0.15, 0.2) is 0 Å². The van der Waals surface area contributed by atoms with Crippen LogP contribution in [0.25, 0.3) is 0 Å². The largest absolute Gasteiger partial charge is 0.332 e. The average molecular weight is 280 g/mol. The van der Waals surface area contributed by atoms with Crippen molar-refractivity contribution in [3.8, 4) is 0 Å². The van der Waals surface area contributed by atoms with Gasteiger partial charge in [-0.25, -0.2) is 0 Å². The molecule has 5 heteroatoms. The molecule has 19 heavy (non-hydrogen) atoms. The predicted octanol–water partition coefficient (Wildman–Crippen LogP) is 1.80. The van der Waals surface area contributed by atoms with E-state index in [-0.39, 0.29) is 11.8 Å². The van der Waals surface area contributed by atoms with Crippen molar-refractivity contribution < 1.29 is 4.79 Å². The van der Waals surface area contributed by atoms with Crippen molar-refractivity contribution >= 4 is 17.5 Å². The maximum atomic E-state index is 12.4. The highest BCUT2D eigenvalue weighted by Gasteiger charge is 2.32. The maximum absolute atomic E-state index is 12.4. The third-order valence-electron chi connectivity index (χ3n) is 4.16. The van der Waals surface area contributed by atoms with Gasteiger partial charge in [-0.15, -0.1) is 0 Å². The van der Waals surface area contributed by atoms with E-state index in [1.165, 1.54) is 0 Å². The molecule has 3 rings (SSSR count). The van der Waals surface area contributed by atoms with Gasteiger partial charge >= 0.3 is 0 Å². The van der Waals surface area contributed by atoms with Crippen LogP contribution in [0, 0.1) is 19.8 Å². The summed E-state index contributed by atoms with van der Waals surface area (Å²) in [4.78, 5) is 18.9. The fraction of sp³-hybridized carbons (Fsp3) is 0.571. The Labute approximate surface area is 118 Å². The van der Waals surface area contributed by atoms with Crippen LogP contribution in [-0.4, -0.2) is 28.9 Å². The monoisotopic (exact) mass is 279 g/mol. The lowest BCUT2D eigenvalue weighted by Crippen LogP contribution is -2.33. The van der Waals surface area contributed by atoms with Crippen molar-refractivity contribution in [2.75, 3.05) is 13.1 Å². The van der Waals surface area contributed by atoms with Gasteiger partial charge in [0.1, 0.15) is 0 Å². The van der Waals surface area contributed by atoms with Gasteiger partial charge in [-0.2, -0.15) is 0 Å². The number of hydrogen-bond acceptors (Lipinski definition) is 3. The first-order valence-corrected chi connectivity index (χ1v) is 7.09. The Bertz CT molecular complexity index is 538. The quantitative estimate of drug-likeness (QED) is 0.853. The minimum absolute atomic E-state index is 0.131. The molecule has 4 nitrogen and oxygen atoms in total. The first-order valence-electron chi connectivity index (χ1n) is 6.72. The van der Waals surface area contributed by atoms with Crippen molar-refractivity contribution in [2.45, 2.75) is 33.4 Å². The number of halogens is 1. The molecular formula is C14H18ClN3O. The first-order chi connectivity index (χ1) is 9.08. The minimum Gasteiger partial charge on any atom is -0.332 e. The zero-order valence-corrected chi connectivity index (χ0v) is 12.0. The van der Waals surface area contributed by atoms with E-state index >= 15 is 0 Å². The molecule has 0 saturated carbocycles. The van der Waals surface area contributed by atoms with Gasteiger partial charge in [0.2, 0.25) is 5.91 Å². The molecule has 1 aromatic rings. The van der Waals surface area contributed by atoms with Gasteiger partial charge in [0.25, 0.3) is 0 Å². The number of carbonyl (C=O) groups excluding carboxylic acids is 1. The Morgan fingerprint density at radius 2 is 2.21 bits per heavy atom. The Morgan fingerprint density at radius 1 is 1.42 bits per heavy atom. The Kier molecular flexibility index (Phi) is 3.23. The molecule has 1 saturated heterocycles. The van der Waals surface area contributed by atoms with Crippen molar-refractivity contribution in [3.63, 3.8) is 0 Å². The predicted molar refractivity (Wildman–Crippen MR) is 74.0 cm³/mol. The molecule has 1 unspecified atom stereocenters. The summed E-state index contributed by atoms with van der Waals surface area (Å²) in [6, 6.07) is 0. The van der Waals surface area contributed by atoms with E-state index in [1.54, 1.807) is 0 Å². The van der Waals surface area contributed by atoms with Crippen LogP contribution in [0.5, 0.6) is 0 Å². The van der Waals surface area contributed by atoms with Crippen LogP contribution < -0.4 is 5.32 Å². The van der Waals surface area contributed by atoms with Gasteiger partial charge < -0.3 is 10.2 Å². The van der Waals surface area contributed by atoms with Crippen LogP contribution in [0.3, 0.4) is 0 Å². The number of aromatic nitrogens is 1. The summed E-state index contributed by atoms with van der Waals surface area (Å²) in [5.41, 5.74) is 4.08. The van der Waals surface area contributed by atoms with Crippen LogP contribution in [0.4, 0.5) is 0 Å². The number of carbonyl (C=O) groups is 1. The van der Waals surface area contributed by atoms with Crippen molar-refractivity contribution in [1.82, 2.24) is 15.2 Å². The summed E-state index contributed by atoms with van der Waals surface area (Å²) in [5, 5.41) is 3.98. The molecule has 102 valence electrons. The van der Waals surface area contributed by atoms with Gasteiger partial charge in [-0.3, -0.25) is 9.78 Å². The van der Waals surface area contributed by atoms with E-state index in [0.29, 0.717) is 13.1 Å². The van der Waals surface area contributed by atoms with Crippen molar-refractivity contribution in [1.29, 1.82) is 0 Å². The molecule has 2 aliphatic rings. The maximum Gasteiger partial charge on any atom is 0.227 e. The van der Waals surface area contributed by atoms with E-state index in [2.05, 4.69) is 10.3 Å². The lowest BCUT2D eigenvalue weighted by atomic mass is 10.1. The second-order valence-corrected chi connectivity index (χ2v) is 5.82. The highest BCUT2D eigenvalue weighted by molar-refractivity contribution is 6.32. The third kappa shape index (κ3) is 2.13. The van der Waals surface area contributed by atoms with Crippen LogP contribution in [0.15, 0.2) is 0 Å². The normalized spacial score (nSPS) is 21.8. The molecule has 0 spiro atoms. The van der Waals surface area contributed by atoms with E-state index in [4.69, 9.17) is 11.6 Å². The second kappa shape index (κ2) is 4.76. The molecule has 0 radical (unpaired) electrons. The smallest absolute Gasteiger partial charge is 0.227 e. The molecule has 1 amide bonds. The van der Waals surface area contributed by atoms with Crippen LogP contribution in [0.1, 0.15) is 28.9 Å². The van der Waals surface area contributed by atoms with Gasteiger partial charge in [-0.1, -0.05) is 11.6 Å². The van der Waals surface area contributed by atoms with Gasteiger partial charge in [-0.05, 0) is 37.9 Å². The van der Waals surface area contributed by atoms with Crippen LogP contribution in [0.2, 0.25) is 5.02 Å². The highest BCUT2D eigenvalue weighted by Crippen LogP contribution is 2.31. The first kappa shape index (κ1) is 12.9. The van der Waals surface area contributed by atoms with E-state index in [1.807, 2.05) is 18.7 Å². The highest BCUT2D eigenvalue weighted by atomic mass is 35.5. The molecule has 3 heterocycles. The molecule has 0 aliphatic carbocycles. The fourth-order valence-corrected chi connectivity index (χ4v) is 3.14. The molecule has 1 N–H and O–H groups in total. The second-order valence-electron chi connectivity index (χ2n) is 5.45. The number of fused-ring (bicyclic) bond motifs is 1. The Balaban J connectivity index is 1.84. The molecule has 1 aromatic heterocycles. The molecule has 2 aliphatic heterocycles. The van der Waals surface area contributed by atoms with Crippen LogP contribution in [-0.2, 0) is 17.9 Å². The van der Waals surface area contributed by atoms with Gasteiger partial charge in [0, 0.05) is 13.1 Å². The number of hydrogen-bond donors (Lipinski definition) is 1. The van der Waals surface area contributed by atoms with Crippen LogP contribution >= 0.6 is 11.6 Å². The molecule has 0 aromatic carbocycles. The van der Waals surface area contributed by atoms with E-state index in [9.17, 15) is 4.79 Å².